The summed E-state index contributed by atoms with van der Waals surface area (Å²) in [4.78, 5) is 27.6. The summed E-state index contributed by atoms with van der Waals surface area (Å²) in [5.41, 5.74) is 2.01. The van der Waals surface area contributed by atoms with E-state index in [-0.39, 0.29) is 23.2 Å². The van der Waals surface area contributed by atoms with Crippen molar-refractivity contribution in [1.29, 1.82) is 0 Å². The highest BCUT2D eigenvalue weighted by molar-refractivity contribution is 8.00. The van der Waals surface area contributed by atoms with Crippen molar-refractivity contribution in [2.45, 2.75) is 42.0 Å². The fourth-order valence-electron chi connectivity index (χ4n) is 6.80. The number of amides is 1. The zero-order valence-corrected chi connectivity index (χ0v) is 21.9. The molecule has 1 aliphatic heterocycles. The minimum atomic E-state index is -0.173. The molecule has 4 aromatic rings. The molecule has 2 heterocycles. The topological polar surface area (TPSA) is 51.1 Å². The van der Waals surface area contributed by atoms with Crippen molar-refractivity contribution in [3.05, 3.63) is 91.9 Å². The van der Waals surface area contributed by atoms with E-state index in [9.17, 15) is 9.59 Å². The predicted molar refractivity (Wildman–Crippen MR) is 148 cm³/mol. The Kier molecular flexibility index (Phi) is 5.53. The fraction of sp³-hybridized carbons (Fsp3) is 0.310. The van der Waals surface area contributed by atoms with Gasteiger partial charge in [-0.2, -0.15) is 0 Å². The lowest BCUT2D eigenvalue weighted by Gasteiger charge is -2.40. The highest BCUT2D eigenvalue weighted by Gasteiger charge is 2.55. The molecule has 1 amide bonds. The molecule has 5 atom stereocenters. The van der Waals surface area contributed by atoms with Crippen LogP contribution in [0.1, 0.15) is 35.6 Å². The molecular formula is C29H25ClN2O2S2. The first kappa shape index (κ1) is 22.6. The maximum Gasteiger partial charge on any atom is 0.308 e. The van der Waals surface area contributed by atoms with E-state index in [1.54, 1.807) is 4.57 Å². The summed E-state index contributed by atoms with van der Waals surface area (Å²) in [5, 5.41) is 7.35. The fourth-order valence-corrected chi connectivity index (χ4v) is 10.1. The number of halogens is 1. The van der Waals surface area contributed by atoms with Gasteiger partial charge in [0.05, 0.1) is 5.03 Å². The summed E-state index contributed by atoms with van der Waals surface area (Å²) in [6, 6.07) is 22.0. The predicted octanol–water partition coefficient (Wildman–Crippen LogP) is 7.01. The molecule has 0 radical (unpaired) electrons. The van der Waals surface area contributed by atoms with Crippen LogP contribution in [-0.2, 0) is 11.3 Å². The van der Waals surface area contributed by atoms with Crippen LogP contribution >= 0.6 is 34.7 Å². The molecule has 36 heavy (non-hydrogen) atoms. The SMILES string of the molecule is O=C(Cn1c2c(sc1=O)[C@@H](c1ccc(Cl)cc1)C1C3CCC(C3)C1S2)Nc1cccc2ccccc12. The van der Waals surface area contributed by atoms with Crippen molar-refractivity contribution in [2.75, 3.05) is 5.32 Å². The molecule has 7 heteroatoms. The van der Waals surface area contributed by atoms with Crippen LogP contribution in [-0.4, -0.2) is 15.7 Å². The third-order valence-corrected chi connectivity index (χ3v) is 11.4. The number of rotatable bonds is 4. The Labute approximate surface area is 222 Å². The van der Waals surface area contributed by atoms with Gasteiger partial charge in [0.2, 0.25) is 5.91 Å². The lowest BCUT2D eigenvalue weighted by atomic mass is 9.75. The third kappa shape index (κ3) is 3.65. The summed E-state index contributed by atoms with van der Waals surface area (Å²) in [6.45, 7) is 0.0275. The molecule has 2 aliphatic carbocycles. The molecule has 0 saturated heterocycles. The number of hydrogen-bond donors (Lipinski definition) is 1. The van der Waals surface area contributed by atoms with Gasteiger partial charge in [-0.3, -0.25) is 14.2 Å². The Hall–Kier alpha value is -2.54. The van der Waals surface area contributed by atoms with Gasteiger partial charge in [0.1, 0.15) is 6.54 Å². The molecule has 2 fully saturated rings. The van der Waals surface area contributed by atoms with Crippen molar-refractivity contribution >= 4 is 57.1 Å². The molecular weight excluding hydrogens is 508 g/mol. The summed E-state index contributed by atoms with van der Waals surface area (Å²) >= 11 is 9.40. The Morgan fingerprint density at radius 2 is 1.78 bits per heavy atom. The van der Waals surface area contributed by atoms with E-state index in [0.29, 0.717) is 23.0 Å². The molecule has 2 bridgehead atoms. The zero-order chi connectivity index (χ0) is 24.4. The molecule has 4 nitrogen and oxygen atoms in total. The van der Waals surface area contributed by atoms with Crippen molar-refractivity contribution in [3.8, 4) is 0 Å². The van der Waals surface area contributed by atoms with Crippen LogP contribution < -0.4 is 10.2 Å². The van der Waals surface area contributed by atoms with Crippen molar-refractivity contribution in [2.24, 2.45) is 17.8 Å². The van der Waals surface area contributed by atoms with Crippen LogP contribution in [0.5, 0.6) is 0 Å². The zero-order valence-electron chi connectivity index (χ0n) is 19.5. The molecule has 7 rings (SSSR count). The van der Waals surface area contributed by atoms with Crippen LogP contribution in [0.15, 0.2) is 76.6 Å². The van der Waals surface area contributed by atoms with E-state index < -0.39 is 0 Å². The number of thiazole rings is 1. The largest absolute Gasteiger partial charge is 0.324 e. The van der Waals surface area contributed by atoms with E-state index in [1.165, 1.54) is 36.2 Å². The van der Waals surface area contributed by atoms with E-state index in [0.717, 1.165) is 31.4 Å². The quantitative estimate of drug-likeness (QED) is 0.307. The normalized spacial score (nSPS) is 26.1. The van der Waals surface area contributed by atoms with E-state index in [2.05, 4.69) is 17.4 Å². The number of carbonyl (C=O) groups excluding carboxylic acids is 1. The number of benzene rings is 3. The first-order valence-electron chi connectivity index (χ1n) is 12.5. The molecule has 2 saturated carbocycles. The highest BCUT2D eigenvalue weighted by atomic mass is 35.5. The highest BCUT2D eigenvalue weighted by Crippen LogP contribution is 2.64. The number of thioether (sulfide) groups is 1. The van der Waals surface area contributed by atoms with Gasteiger partial charge in [-0.05, 0) is 66.2 Å². The van der Waals surface area contributed by atoms with Crippen LogP contribution in [0, 0.1) is 17.8 Å². The Morgan fingerprint density at radius 1 is 1.00 bits per heavy atom. The Bertz CT molecular complexity index is 1540. The molecule has 1 N–H and O–H groups in total. The van der Waals surface area contributed by atoms with E-state index >= 15 is 0 Å². The molecule has 182 valence electrons. The van der Waals surface area contributed by atoms with E-state index in [1.807, 2.05) is 66.4 Å². The number of nitrogens with one attached hydrogen (secondary N) is 1. The van der Waals surface area contributed by atoms with Gasteiger partial charge >= 0.3 is 4.87 Å². The number of fused-ring (bicyclic) bond motifs is 7. The van der Waals surface area contributed by atoms with E-state index in [4.69, 9.17) is 11.6 Å². The summed E-state index contributed by atoms with van der Waals surface area (Å²) in [5.74, 6) is 1.97. The van der Waals surface area contributed by atoms with Gasteiger partial charge in [0, 0.05) is 32.1 Å². The second kappa shape index (κ2) is 8.79. The average molecular weight is 533 g/mol. The van der Waals surface area contributed by atoms with Gasteiger partial charge in [0.25, 0.3) is 0 Å². The number of hydrogen-bond acceptors (Lipinski definition) is 4. The smallest absolute Gasteiger partial charge is 0.308 e. The monoisotopic (exact) mass is 532 g/mol. The van der Waals surface area contributed by atoms with Crippen molar-refractivity contribution in [3.63, 3.8) is 0 Å². The first-order chi connectivity index (χ1) is 17.6. The second-order valence-corrected chi connectivity index (χ2v) is 12.8. The maximum atomic E-state index is 13.3. The van der Waals surface area contributed by atoms with Crippen LogP contribution in [0.3, 0.4) is 0 Å². The standard InChI is InChI=1S/C29H25ClN2O2S2/c30-20-12-10-17(11-13-20)24-25-18-8-9-19(14-18)26(25)35-28-27(24)36-29(34)32(28)15-23(33)31-22-7-3-5-16-4-1-2-6-21(16)22/h1-7,10-13,18-19,24-26H,8-9,14-15H2,(H,31,33)/t18?,19?,24-,25?,26?/m0/s1. The third-order valence-electron chi connectivity index (χ3n) is 8.29. The number of carbonyl (C=O) groups is 1. The summed E-state index contributed by atoms with van der Waals surface area (Å²) < 4.78 is 1.72. The maximum absolute atomic E-state index is 13.3. The van der Waals surface area contributed by atoms with Crippen LogP contribution in [0.4, 0.5) is 5.69 Å². The van der Waals surface area contributed by atoms with Gasteiger partial charge in [-0.1, -0.05) is 71.5 Å². The Morgan fingerprint density at radius 3 is 2.64 bits per heavy atom. The lowest BCUT2D eigenvalue weighted by molar-refractivity contribution is -0.116. The molecule has 3 aliphatic rings. The van der Waals surface area contributed by atoms with Gasteiger partial charge < -0.3 is 5.32 Å². The molecule has 0 spiro atoms. The molecule has 3 aromatic carbocycles. The molecule has 1 aromatic heterocycles. The number of nitrogens with zero attached hydrogens (tertiary/aromatic N) is 1. The lowest BCUT2D eigenvalue weighted by Crippen LogP contribution is -2.34. The average Bonchev–Trinajstić information content (AvgIpc) is 3.58. The summed E-state index contributed by atoms with van der Waals surface area (Å²) in [6.07, 6.45) is 3.85. The van der Waals surface area contributed by atoms with Crippen LogP contribution in [0.2, 0.25) is 5.02 Å². The van der Waals surface area contributed by atoms with Crippen LogP contribution in [0.25, 0.3) is 10.8 Å². The van der Waals surface area contributed by atoms with Crippen molar-refractivity contribution < 1.29 is 4.79 Å². The first-order valence-corrected chi connectivity index (χ1v) is 14.6. The number of aromatic nitrogens is 1. The molecule has 4 unspecified atom stereocenters. The second-order valence-electron chi connectivity index (χ2n) is 10.2. The van der Waals surface area contributed by atoms with Gasteiger partial charge in [-0.25, -0.2) is 0 Å². The summed E-state index contributed by atoms with van der Waals surface area (Å²) in [7, 11) is 0. The van der Waals surface area contributed by atoms with Gasteiger partial charge in [0.15, 0.2) is 0 Å². The van der Waals surface area contributed by atoms with Gasteiger partial charge in [-0.15, -0.1) is 11.8 Å². The van der Waals surface area contributed by atoms with Crippen molar-refractivity contribution in [1.82, 2.24) is 4.57 Å². The number of anilines is 1. The minimum Gasteiger partial charge on any atom is -0.324 e. The minimum absolute atomic E-state index is 0.0275. The Balaban J connectivity index is 1.25.